The van der Waals surface area contributed by atoms with Gasteiger partial charge >= 0.3 is 29.8 Å². The molecule has 0 saturated carbocycles. The molecule has 0 saturated heterocycles. The summed E-state index contributed by atoms with van der Waals surface area (Å²) in [6.45, 7) is 35.6. The topological polar surface area (TPSA) is 216 Å². The maximum atomic E-state index is 12.5. The third-order valence-corrected chi connectivity index (χ3v) is 15.9. The number of carbonyl (C=O) groups is 7. The molecule has 0 bridgehead atoms. The second-order valence-electron chi connectivity index (χ2n) is 25.2. The highest BCUT2D eigenvalue weighted by Gasteiger charge is 2.16. The molecule has 0 aliphatic rings. The summed E-state index contributed by atoms with van der Waals surface area (Å²) < 4.78 is 41.4. The van der Waals surface area contributed by atoms with Crippen molar-refractivity contribution in [2.75, 3.05) is 52.7 Å². The Morgan fingerprint density at radius 2 is 0.705 bits per heavy atom. The van der Waals surface area contributed by atoms with Crippen LogP contribution in [-0.4, -0.2) is 117 Å². The fraction of sp³-hybridized carbons (Fsp3) is 0.684. The Labute approximate surface area is 675 Å². The number of imidazole rings is 4. The van der Waals surface area contributed by atoms with E-state index in [0.717, 1.165) is 51.9 Å². The quantitative estimate of drug-likeness (QED) is 0.0219. The predicted molar refractivity (Wildman–Crippen MR) is 399 cm³/mol. The third kappa shape index (κ3) is 61.9. The number of nitrogens with one attached hydrogen (secondary N) is 1. The Morgan fingerprint density at radius 3 is 1.01 bits per heavy atom. The minimum Gasteiger partial charge on any atom is -1.00 e. The van der Waals surface area contributed by atoms with E-state index in [1.807, 2.05) is 82.4 Å². The van der Waals surface area contributed by atoms with Crippen molar-refractivity contribution in [2.24, 2.45) is 0 Å². The fourth-order valence-corrected chi connectivity index (χ4v) is 10.2. The lowest BCUT2D eigenvalue weighted by Gasteiger charge is -2.20. The summed E-state index contributed by atoms with van der Waals surface area (Å²) in [5.74, 6) is -1.66. The summed E-state index contributed by atoms with van der Waals surface area (Å²) >= 11 is 0. The molecule has 0 fully saturated rings. The average molecular weight is 1740 g/mol. The zero-order valence-electron chi connectivity index (χ0n) is 64.2. The minimum absolute atomic E-state index is 0. The molecule has 1 N–H and O–H groups in total. The maximum absolute atomic E-state index is 12.5. The van der Waals surface area contributed by atoms with Gasteiger partial charge in [0, 0.05) is 30.8 Å². The lowest BCUT2D eigenvalue weighted by molar-refractivity contribution is -0.697. The molecular formula is C79H140Br4N10O12. The van der Waals surface area contributed by atoms with E-state index in [1.165, 1.54) is 134 Å². The number of carbonyl (C=O) groups excluding carboxylic acids is 7. The average Bonchev–Trinajstić information content (AvgIpc) is 1.78. The zero-order chi connectivity index (χ0) is 72.9. The molecule has 0 unspecified atom stereocenters. The molecule has 4 heterocycles. The van der Waals surface area contributed by atoms with Crippen LogP contribution in [-0.2, 0) is 110 Å². The summed E-state index contributed by atoms with van der Waals surface area (Å²) in [7, 11) is 0. The molecule has 0 atom stereocenters. The van der Waals surface area contributed by atoms with Crippen LogP contribution in [0.4, 0.5) is 0 Å². The van der Waals surface area contributed by atoms with E-state index in [1.54, 1.807) is 13.8 Å². The van der Waals surface area contributed by atoms with E-state index < -0.39 is 11.9 Å². The Morgan fingerprint density at radius 1 is 0.400 bits per heavy atom. The van der Waals surface area contributed by atoms with Gasteiger partial charge in [0.25, 0.3) is 0 Å². The van der Waals surface area contributed by atoms with Crippen LogP contribution in [0.15, 0.2) is 112 Å². The Bertz CT molecular complexity index is 2840. The van der Waals surface area contributed by atoms with Crippen LogP contribution in [0.2, 0.25) is 0 Å². The second kappa shape index (κ2) is 75.1. The standard InChI is InChI=1S/C26H46N4O2.C24H41N2O4.C15H23N2O4.C12H21N2O2.2CH4.4BrH/c1-4-7-8-9-10-11-12-13-14-15-19-28-22-23-29(24-28)21-17-26(32)30(6-3)20-16-18-27-25(31)5-2;1-4-5-6-7-8-9-10-11-12-13-15-25-17-18-26(21-25)16-14-23(27)29-19-20-30-24(28)22(2)3;1-4-6-16-8-9-17(12-16)7-5-14(18)20-10-11-21-15(19)13(2)3;1-3-6-13-8-9-14(11-13)7-5-12(15)16-10-4-2;;;;;;/h5,22-24H,2,4,6-21H2,1,3H3;17-18,21H,2,4-16,19-20H2,1,3H3;8-9,12H,2,4-7,10-11H2,1,3H3;8-9,11H,3-7,10H2,1-2H3;2*1H4;4*1H/q;3*+1;;;;;;/p-3. The highest BCUT2D eigenvalue weighted by Crippen LogP contribution is 2.12. The van der Waals surface area contributed by atoms with Gasteiger partial charge in [0.05, 0.1) is 65.0 Å². The number of rotatable bonds is 54. The molecule has 105 heavy (non-hydrogen) atoms. The van der Waals surface area contributed by atoms with Crippen molar-refractivity contribution in [3.05, 3.63) is 112 Å². The van der Waals surface area contributed by atoms with E-state index >= 15 is 0 Å². The smallest absolute Gasteiger partial charge is 0.333 e. The summed E-state index contributed by atoms with van der Waals surface area (Å²) in [5.41, 5.74) is 0.661. The van der Waals surface area contributed by atoms with Gasteiger partial charge in [0.15, 0.2) is 0 Å². The van der Waals surface area contributed by atoms with Crippen molar-refractivity contribution < 1.29 is 143 Å². The highest BCUT2D eigenvalue weighted by atomic mass is 79.9. The number of nitrogens with zero attached hydrogens (tertiary/aromatic N) is 9. The van der Waals surface area contributed by atoms with Gasteiger partial charge in [-0.1, -0.05) is 172 Å². The summed E-state index contributed by atoms with van der Waals surface area (Å²) in [4.78, 5) is 82.4. The lowest BCUT2D eigenvalue weighted by atomic mass is 10.1. The number of unbranched alkanes of at least 4 members (excludes halogenated alkanes) is 18. The molecule has 0 radical (unpaired) electrons. The number of ether oxygens (including phenoxy) is 5. The molecule has 4 aromatic heterocycles. The first-order chi connectivity index (χ1) is 47.9. The first-order valence-corrected chi connectivity index (χ1v) is 37.4. The van der Waals surface area contributed by atoms with Crippen molar-refractivity contribution in [1.29, 1.82) is 0 Å². The van der Waals surface area contributed by atoms with Gasteiger partial charge in [-0.3, -0.25) is 24.0 Å². The van der Waals surface area contributed by atoms with Crippen LogP contribution in [0.3, 0.4) is 0 Å². The maximum Gasteiger partial charge on any atom is 0.333 e. The van der Waals surface area contributed by atoms with Crippen molar-refractivity contribution in [2.45, 2.75) is 302 Å². The number of aryl methyl sites for hydroxylation is 8. The van der Waals surface area contributed by atoms with E-state index in [-0.39, 0.29) is 145 Å². The number of esters is 5. The number of hydrogen-bond acceptors (Lipinski definition) is 12. The van der Waals surface area contributed by atoms with Gasteiger partial charge in [-0.15, -0.1) is 0 Å². The first kappa shape index (κ1) is 110. The molecule has 0 aliphatic heterocycles. The van der Waals surface area contributed by atoms with Crippen LogP contribution < -0.4 is 91.5 Å². The van der Waals surface area contributed by atoms with Crippen LogP contribution in [0, 0.1) is 0 Å². The third-order valence-electron chi connectivity index (χ3n) is 15.9. The summed E-state index contributed by atoms with van der Waals surface area (Å²) in [6.07, 6.45) is 57.8. The Balaban J connectivity index is -0.000000314. The molecule has 0 aliphatic carbocycles. The van der Waals surface area contributed by atoms with Gasteiger partial charge in [-0.25, -0.2) is 46.1 Å². The van der Waals surface area contributed by atoms with Crippen molar-refractivity contribution >= 4 is 41.7 Å². The summed E-state index contributed by atoms with van der Waals surface area (Å²) in [6, 6.07) is 0. The van der Waals surface area contributed by atoms with Gasteiger partial charge in [-0.2, -0.15) is 0 Å². The van der Waals surface area contributed by atoms with Crippen LogP contribution in [0.25, 0.3) is 0 Å². The van der Waals surface area contributed by atoms with Gasteiger partial charge in [-0.05, 0) is 78.2 Å². The first-order valence-electron chi connectivity index (χ1n) is 37.4. The molecule has 2 amide bonds. The number of halogens is 4. The van der Waals surface area contributed by atoms with Crippen molar-refractivity contribution in [1.82, 2.24) is 28.5 Å². The molecule has 0 spiro atoms. The minimum atomic E-state index is -0.473. The second-order valence-corrected chi connectivity index (χ2v) is 25.2. The Hall–Kier alpha value is -5.73. The van der Waals surface area contributed by atoms with Crippen molar-refractivity contribution in [3.63, 3.8) is 0 Å². The van der Waals surface area contributed by atoms with Crippen molar-refractivity contribution in [3.8, 4) is 0 Å². The predicted octanol–water partition coefficient (Wildman–Crippen LogP) is 1.43. The zero-order valence-corrected chi connectivity index (χ0v) is 70.5. The molecular weight excluding hydrogens is 1600 g/mol. The highest BCUT2D eigenvalue weighted by molar-refractivity contribution is 5.87. The molecule has 4 rings (SSSR count). The molecule has 4 aromatic rings. The molecule has 26 heteroatoms. The van der Waals surface area contributed by atoms with Crippen LogP contribution in [0.5, 0.6) is 0 Å². The number of hydrogen-bond donors (Lipinski definition) is 1. The molecule has 0 aromatic carbocycles. The number of amides is 2. The van der Waals surface area contributed by atoms with Gasteiger partial charge in [0.2, 0.25) is 37.1 Å². The van der Waals surface area contributed by atoms with Gasteiger partial charge in [0.1, 0.15) is 95.6 Å². The van der Waals surface area contributed by atoms with E-state index in [0.29, 0.717) is 82.8 Å². The van der Waals surface area contributed by atoms with E-state index in [4.69, 9.17) is 23.7 Å². The van der Waals surface area contributed by atoms with Crippen LogP contribution >= 0.6 is 0 Å². The molecule has 22 nitrogen and oxygen atoms in total. The van der Waals surface area contributed by atoms with Crippen LogP contribution in [0.1, 0.15) is 250 Å². The SMILES string of the molecule is C.C.C=C(C)C(=O)OCCOC(=O)CCn1cc[n+](CCC)c1.C=C(C)C(=O)OCCOC(=O)CCn1cc[n+](CCCCCCCCCCCC)c1.C=CC(=O)NCCCN(CC)C(=O)CCn1cc[n+](CCCCCCCCCCCC)c1.CCCOC(=O)CCn1cc[n+](CCC)c1.[Br-].[Br-].[Br-].[Br-]. The van der Waals surface area contributed by atoms with E-state index in [9.17, 15) is 33.6 Å². The monoisotopic (exact) mass is 1740 g/mol. The largest absolute Gasteiger partial charge is 1.00 e. The van der Waals surface area contributed by atoms with E-state index in [2.05, 4.69) is 101 Å². The fourth-order valence-electron chi connectivity index (χ4n) is 10.2. The lowest BCUT2D eigenvalue weighted by Crippen LogP contribution is -3.00. The Kier molecular flexibility index (Phi) is 78.8. The molecule has 606 valence electrons. The van der Waals surface area contributed by atoms with Gasteiger partial charge < -0.3 is 102 Å². The summed E-state index contributed by atoms with van der Waals surface area (Å²) in [5, 5.41) is 2.75. The normalized spacial score (nSPS) is 9.98. The number of aromatic nitrogens is 8.